The summed E-state index contributed by atoms with van der Waals surface area (Å²) >= 11 is 0. The highest BCUT2D eigenvalue weighted by Crippen LogP contribution is 2.36. The van der Waals surface area contributed by atoms with Crippen molar-refractivity contribution in [3.05, 3.63) is 0 Å². The summed E-state index contributed by atoms with van der Waals surface area (Å²) in [6.45, 7) is 10.0. The number of hydrogen-bond donors (Lipinski definition) is 2. The van der Waals surface area contributed by atoms with E-state index in [1.54, 1.807) is 0 Å². The molecular weight excluding hydrogens is 254 g/mol. The summed E-state index contributed by atoms with van der Waals surface area (Å²) in [6, 6.07) is 0.525. The van der Waals surface area contributed by atoms with Gasteiger partial charge >= 0.3 is 0 Å². The molecule has 20 heavy (non-hydrogen) atoms. The average molecular weight is 281 g/mol. The first-order valence-electron chi connectivity index (χ1n) is 7.86. The topological polar surface area (TPSA) is 55.8 Å². The zero-order valence-electron chi connectivity index (χ0n) is 12.7. The molecule has 2 N–H and O–H groups in total. The van der Waals surface area contributed by atoms with Gasteiger partial charge in [-0.25, -0.2) is 0 Å². The van der Waals surface area contributed by atoms with Crippen molar-refractivity contribution in [3.63, 3.8) is 0 Å². The molecule has 0 atom stereocenters. The maximum Gasteiger partial charge on any atom is 0.225 e. The Morgan fingerprint density at radius 1 is 1.25 bits per heavy atom. The zero-order valence-corrected chi connectivity index (χ0v) is 12.7. The highest BCUT2D eigenvalue weighted by atomic mass is 16.3. The Balaban J connectivity index is 1.47. The van der Waals surface area contributed by atoms with Gasteiger partial charge in [0, 0.05) is 50.7 Å². The van der Waals surface area contributed by atoms with Crippen LogP contribution in [0.25, 0.3) is 0 Å². The van der Waals surface area contributed by atoms with Crippen LogP contribution >= 0.6 is 0 Å². The second-order valence-electron chi connectivity index (χ2n) is 7.38. The van der Waals surface area contributed by atoms with Crippen LogP contribution in [-0.4, -0.2) is 71.7 Å². The molecule has 3 saturated heterocycles. The fourth-order valence-electron chi connectivity index (χ4n) is 3.67. The number of nitrogens with zero attached hydrogens (tertiary/aromatic N) is 2. The summed E-state index contributed by atoms with van der Waals surface area (Å²) in [4.78, 5) is 16.6. The van der Waals surface area contributed by atoms with Gasteiger partial charge in [-0.15, -0.1) is 0 Å². The van der Waals surface area contributed by atoms with Crippen molar-refractivity contribution < 1.29 is 9.90 Å². The number of rotatable bonds is 3. The Bertz CT molecular complexity index is 377. The van der Waals surface area contributed by atoms with Crippen molar-refractivity contribution in [2.45, 2.75) is 44.8 Å². The highest BCUT2D eigenvalue weighted by Gasteiger charge is 2.50. The molecule has 0 aliphatic carbocycles. The molecule has 0 aromatic heterocycles. The SMILES string of the molecule is CC(C)N1CCC(O)(CC(=O)N2CC3(CNC3)C2)CC1. The summed E-state index contributed by atoms with van der Waals surface area (Å²) < 4.78 is 0. The average Bonchev–Trinajstić information content (AvgIpc) is 2.24. The summed E-state index contributed by atoms with van der Waals surface area (Å²) in [5, 5.41) is 13.9. The van der Waals surface area contributed by atoms with Crippen LogP contribution in [0.4, 0.5) is 0 Å². The molecule has 3 fully saturated rings. The lowest BCUT2D eigenvalue weighted by Gasteiger charge is -2.56. The molecule has 1 amide bonds. The Morgan fingerprint density at radius 3 is 2.30 bits per heavy atom. The third-order valence-electron chi connectivity index (χ3n) is 5.34. The molecule has 1 spiro atoms. The van der Waals surface area contributed by atoms with E-state index in [-0.39, 0.29) is 5.91 Å². The minimum atomic E-state index is -0.775. The van der Waals surface area contributed by atoms with Gasteiger partial charge in [0.05, 0.1) is 12.0 Å². The van der Waals surface area contributed by atoms with Crippen molar-refractivity contribution in [2.24, 2.45) is 5.41 Å². The Hall–Kier alpha value is -0.650. The fourth-order valence-corrected chi connectivity index (χ4v) is 3.67. The zero-order chi connectivity index (χ0) is 14.4. The Kier molecular flexibility index (Phi) is 3.55. The summed E-state index contributed by atoms with van der Waals surface area (Å²) in [5.74, 6) is 0.142. The van der Waals surface area contributed by atoms with E-state index < -0.39 is 5.60 Å². The third-order valence-corrected chi connectivity index (χ3v) is 5.34. The first-order valence-corrected chi connectivity index (χ1v) is 7.86. The number of nitrogens with one attached hydrogen (secondary N) is 1. The van der Waals surface area contributed by atoms with E-state index in [0.717, 1.165) is 52.1 Å². The summed E-state index contributed by atoms with van der Waals surface area (Å²) in [5.41, 5.74) is -0.400. The van der Waals surface area contributed by atoms with Crippen LogP contribution < -0.4 is 5.32 Å². The molecule has 114 valence electrons. The van der Waals surface area contributed by atoms with Crippen LogP contribution in [0.1, 0.15) is 33.1 Å². The van der Waals surface area contributed by atoms with Gasteiger partial charge in [-0.1, -0.05) is 0 Å². The summed E-state index contributed by atoms with van der Waals surface area (Å²) in [6.07, 6.45) is 1.75. The van der Waals surface area contributed by atoms with Crippen LogP contribution in [0.2, 0.25) is 0 Å². The van der Waals surface area contributed by atoms with E-state index in [1.165, 1.54) is 0 Å². The highest BCUT2D eigenvalue weighted by molar-refractivity contribution is 5.78. The molecule has 0 saturated carbocycles. The number of likely N-dealkylation sites (tertiary alicyclic amines) is 2. The van der Waals surface area contributed by atoms with E-state index in [1.807, 2.05) is 4.90 Å². The second-order valence-corrected chi connectivity index (χ2v) is 7.38. The van der Waals surface area contributed by atoms with Gasteiger partial charge < -0.3 is 20.2 Å². The number of carbonyl (C=O) groups excluding carboxylic acids is 1. The van der Waals surface area contributed by atoms with E-state index in [2.05, 4.69) is 24.1 Å². The number of aliphatic hydroxyl groups is 1. The molecule has 3 heterocycles. The molecule has 0 aromatic rings. The van der Waals surface area contributed by atoms with Crippen molar-refractivity contribution in [1.29, 1.82) is 0 Å². The van der Waals surface area contributed by atoms with E-state index in [4.69, 9.17) is 0 Å². The van der Waals surface area contributed by atoms with Gasteiger partial charge in [0.25, 0.3) is 0 Å². The van der Waals surface area contributed by atoms with Crippen LogP contribution in [-0.2, 0) is 4.79 Å². The van der Waals surface area contributed by atoms with Gasteiger partial charge in [0.1, 0.15) is 0 Å². The van der Waals surface area contributed by atoms with Crippen LogP contribution in [0.15, 0.2) is 0 Å². The normalized spacial score (nSPS) is 28.3. The van der Waals surface area contributed by atoms with Crippen LogP contribution in [0.3, 0.4) is 0 Å². The largest absolute Gasteiger partial charge is 0.389 e. The molecule has 0 unspecified atom stereocenters. The van der Waals surface area contributed by atoms with E-state index in [9.17, 15) is 9.90 Å². The first kappa shape index (κ1) is 14.3. The maximum absolute atomic E-state index is 12.3. The fraction of sp³-hybridized carbons (Fsp3) is 0.933. The second kappa shape index (κ2) is 4.97. The summed E-state index contributed by atoms with van der Waals surface area (Å²) in [7, 11) is 0. The van der Waals surface area contributed by atoms with Gasteiger partial charge in [0.2, 0.25) is 5.91 Å². The van der Waals surface area contributed by atoms with Crippen LogP contribution in [0, 0.1) is 5.41 Å². The standard InChI is InChI=1S/C15H27N3O2/c1-12(2)17-5-3-15(20,4-6-17)7-13(19)18-10-14(11-18)8-16-9-14/h12,16,20H,3-11H2,1-2H3. The van der Waals surface area contributed by atoms with Gasteiger partial charge in [-0.2, -0.15) is 0 Å². The quantitative estimate of drug-likeness (QED) is 0.767. The number of piperidine rings is 1. The molecule has 3 rings (SSSR count). The van der Waals surface area contributed by atoms with Crippen molar-refractivity contribution in [1.82, 2.24) is 15.1 Å². The monoisotopic (exact) mass is 281 g/mol. The lowest BCUT2D eigenvalue weighted by Crippen LogP contribution is -2.72. The van der Waals surface area contributed by atoms with Crippen molar-refractivity contribution >= 4 is 5.91 Å². The predicted molar refractivity (Wildman–Crippen MR) is 77.4 cm³/mol. The van der Waals surface area contributed by atoms with E-state index in [0.29, 0.717) is 17.9 Å². The molecule has 3 aliphatic heterocycles. The lowest BCUT2D eigenvalue weighted by atomic mass is 9.74. The van der Waals surface area contributed by atoms with Crippen molar-refractivity contribution in [2.75, 3.05) is 39.3 Å². The smallest absolute Gasteiger partial charge is 0.225 e. The Morgan fingerprint density at radius 2 is 1.85 bits per heavy atom. The third kappa shape index (κ3) is 2.59. The molecule has 0 bridgehead atoms. The minimum Gasteiger partial charge on any atom is -0.389 e. The van der Waals surface area contributed by atoms with Gasteiger partial charge in [0.15, 0.2) is 0 Å². The molecule has 5 heteroatoms. The lowest BCUT2D eigenvalue weighted by molar-refractivity contribution is -0.153. The molecule has 0 radical (unpaired) electrons. The maximum atomic E-state index is 12.3. The van der Waals surface area contributed by atoms with Gasteiger partial charge in [-0.05, 0) is 26.7 Å². The van der Waals surface area contributed by atoms with Crippen LogP contribution in [0.5, 0.6) is 0 Å². The Labute approximate surface area is 121 Å². The van der Waals surface area contributed by atoms with E-state index >= 15 is 0 Å². The minimum absolute atomic E-state index is 0.142. The van der Waals surface area contributed by atoms with Crippen molar-refractivity contribution in [3.8, 4) is 0 Å². The molecule has 0 aromatic carbocycles. The molecule has 3 aliphatic rings. The molecule has 5 nitrogen and oxygen atoms in total. The molecular formula is C15H27N3O2. The number of hydrogen-bond acceptors (Lipinski definition) is 4. The number of carbonyl (C=O) groups is 1. The predicted octanol–water partition coefficient (Wildman–Crippen LogP) is 0.0436. The number of amides is 1. The van der Waals surface area contributed by atoms with Gasteiger partial charge in [-0.3, -0.25) is 4.79 Å². The first-order chi connectivity index (χ1) is 9.41.